The summed E-state index contributed by atoms with van der Waals surface area (Å²) in [6.45, 7) is 6.06. The van der Waals surface area contributed by atoms with Crippen LogP contribution in [0.15, 0.2) is 0 Å². The molecular formula is C10H22FeN2O2S2. The second-order valence-corrected chi connectivity index (χ2v) is 4.10. The first-order chi connectivity index (χ1) is 7.45. The molecule has 0 aliphatic carbocycles. The molecule has 0 aromatic heterocycles. The summed E-state index contributed by atoms with van der Waals surface area (Å²) >= 11 is 8.60. The van der Waals surface area contributed by atoms with Gasteiger partial charge >= 0.3 is 0 Å². The van der Waals surface area contributed by atoms with Crippen LogP contribution in [0.2, 0.25) is 0 Å². The Kier molecular flexibility index (Phi) is 20.7. The number of thiocarbonyl (C=S) groups is 2. The zero-order valence-electron chi connectivity index (χ0n) is 10.3. The molecule has 0 aliphatic rings. The molecular weight excluding hydrogens is 300 g/mol. The van der Waals surface area contributed by atoms with Crippen molar-refractivity contribution < 1.29 is 27.3 Å². The molecule has 0 heterocycles. The van der Waals surface area contributed by atoms with Crippen LogP contribution < -0.4 is 5.73 Å². The fourth-order valence-electron chi connectivity index (χ4n) is 1.00. The maximum absolute atomic E-state index is 9.12. The molecule has 0 rings (SSSR count). The summed E-state index contributed by atoms with van der Waals surface area (Å²) in [7, 11) is 0. The van der Waals surface area contributed by atoms with Gasteiger partial charge in [-0.1, -0.05) is 26.7 Å². The maximum atomic E-state index is 9.12. The van der Waals surface area contributed by atoms with Gasteiger partial charge < -0.3 is 20.8 Å². The van der Waals surface area contributed by atoms with Gasteiger partial charge in [-0.05, 0) is 37.3 Å². The standard InChI is InChI=1S/C9H19NOS.CH3NOS.Fe/c1-3-5-7-10(9(11)12)8-6-4-2;2-1(3)4;/h3-8H2,1-2H3,(H,11,12);(H3,2,3,4);. The fourth-order valence-corrected chi connectivity index (χ4v) is 1.18. The number of nitrogens with two attached hydrogens (primary N) is 1. The fraction of sp³-hybridized carbons (Fsp3) is 0.800. The van der Waals surface area contributed by atoms with Crippen LogP contribution in [0.3, 0.4) is 0 Å². The van der Waals surface area contributed by atoms with Gasteiger partial charge in [0.2, 0.25) is 0 Å². The van der Waals surface area contributed by atoms with E-state index >= 15 is 0 Å². The third kappa shape index (κ3) is 21.7. The number of nitrogens with zero attached hydrogens (tertiary/aromatic N) is 1. The van der Waals surface area contributed by atoms with Crippen molar-refractivity contribution in [2.24, 2.45) is 5.73 Å². The van der Waals surface area contributed by atoms with Crippen LogP contribution in [0, 0.1) is 0 Å². The van der Waals surface area contributed by atoms with Crippen LogP contribution in [-0.2, 0) is 17.1 Å². The Morgan fingerprint density at radius 3 is 1.53 bits per heavy atom. The van der Waals surface area contributed by atoms with E-state index in [-0.39, 0.29) is 22.2 Å². The summed E-state index contributed by atoms with van der Waals surface area (Å²) in [5.41, 5.74) is 4.40. The topological polar surface area (TPSA) is 69.7 Å². The van der Waals surface area contributed by atoms with Gasteiger partial charge in [0.05, 0.1) is 0 Å². The normalized spacial score (nSPS) is 8.35. The van der Waals surface area contributed by atoms with E-state index in [1.807, 2.05) is 4.90 Å². The largest absolute Gasteiger partial charge is 0.487 e. The summed E-state index contributed by atoms with van der Waals surface area (Å²) in [6.07, 6.45) is 4.49. The molecule has 4 nitrogen and oxygen atoms in total. The van der Waals surface area contributed by atoms with E-state index in [9.17, 15) is 0 Å². The van der Waals surface area contributed by atoms with Gasteiger partial charge in [0.25, 0.3) is 10.3 Å². The van der Waals surface area contributed by atoms with Crippen LogP contribution in [0.25, 0.3) is 0 Å². The smallest absolute Gasteiger partial charge is 0.256 e. The summed E-state index contributed by atoms with van der Waals surface area (Å²) in [4.78, 5) is 1.88. The molecule has 0 aromatic carbocycles. The molecule has 0 saturated carbocycles. The summed E-state index contributed by atoms with van der Waals surface area (Å²) in [5, 5.41) is 16.2. The average molecular weight is 322 g/mol. The van der Waals surface area contributed by atoms with Crippen molar-refractivity contribution in [2.75, 3.05) is 13.1 Å². The minimum atomic E-state index is -0.500. The monoisotopic (exact) mass is 322 g/mol. The minimum Gasteiger partial charge on any atom is -0.487 e. The van der Waals surface area contributed by atoms with Gasteiger partial charge in [-0.15, -0.1) is 0 Å². The van der Waals surface area contributed by atoms with Gasteiger partial charge in [0.15, 0.2) is 0 Å². The second-order valence-electron chi connectivity index (χ2n) is 3.31. The molecule has 0 fully saturated rings. The molecule has 4 N–H and O–H groups in total. The Balaban J connectivity index is -0.000000340. The number of aliphatic hydroxyl groups excluding tert-OH is 2. The average Bonchev–Trinajstić information content (AvgIpc) is 2.16. The Bertz CT molecular complexity index is 195. The summed E-state index contributed by atoms with van der Waals surface area (Å²) in [6, 6.07) is 0. The first-order valence-electron chi connectivity index (χ1n) is 5.41. The van der Waals surface area contributed by atoms with Crippen LogP contribution in [0.1, 0.15) is 39.5 Å². The predicted octanol–water partition coefficient (Wildman–Crippen LogP) is 2.52. The van der Waals surface area contributed by atoms with E-state index in [0.29, 0.717) is 0 Å². The van der Waals surface area contributed by atoms with E-state index in [1.165, 1.54) is 0 Å². The zero-order chi connectivity index (χ0) is 13.0. The Labute approximate surface area is 125 Å². The molecule has 0 spiro atoms. The van der Waals surface area contributed by atoms with E-state index < -0.39 is 5.17 Å². The molecule has 104 valence electrons. The van der Waals surface area contributed by atoms with Crippen LogP contribution in [0.4, 0.5) is 0 Å². The molecule has 0 atom stereocenters. The molecule has 7 heteroatoms. The molecule has 0 unspecified atom stereocenters. The Hall–Kier alpha value is -0.101. The molecule has 0 amide bonds. The van der Waals surface area contributed by atoms with Gasteiger partial charge in [-0.2, -0.15) is 0 Å². The van der Waals surface area contributed by atoms with Crippen LogP contribution >= 0.6 is 24.4 Å². The number of hydrogen-bond donors (Lipinski definition) is 3. The maximum Gasteiger partial charge on any atom is 0.256 e. The zero-order valence-corrected chi connectivity index (χ0v) is 13.1. The molecule has 0 saturated heterocycles. The summed E-state index contributed by atoms with van der Waals surface area (Å²) < 4.78 is 0. The molecule has 0 radical (unpaired) electrons. The van der Waals surface area contributed by atoms with Crippen molar-refractivity contribution in [3.63, 3.8) is 0 Å². The van der Waals surface area contributed by atoms with Crippen LogP contribution in [-0.4, -0.2) is 38.6 Å². The molecule has 0 aromatic rings. The van der Waals surface area contributed by atoms with E-state index in [2.05, 4.69) is 31.8 Å². The quantitative estimate of drug-likeness (QED) is 0.516. The van der Waals surface area contributed by atoms with Crippen molar-refractivity contribution in [1.82, 2.24) is 4.90 Å². The second kappa shape index (κ2) is 15.9. The van der Waals surface area contributed by atoms with E-state index in [0.717, 1.165) is 38.8 Å². The van der Waals surface area contributed by atoms with Crippen molar-refractivity contribution in [1.29, 1.82) is 0 Å². The van der Waals surface area contributed by atoms with Gasteiger partial charge in [0.1, 0.15) is 0 Å². The number of rotatable bonds is 6. The Morgan fingerprint density at radius 2 is 1.35 bits per heavy atom. The van der Waals surface area contributed by atoms with Gasteiger partial charge in [0, 0.05) is 30.2 Å². The third-order valence-electron chi connectivity index (χ3n) is 1.83. The van der Waals surface area contributed by atoms with Crippen molar-refractivity contribution in [2.45, 2.75) is 39.5 Å². The number of hydrogen-bond acceptors (Lipinski definition) is 2. The number of aliphatic hydroxyl groups is 2. The van der Waals surface area contributed by atoms with E-state index in [1.54, 1.807) is 0 Å². The molecule has 0 aliphatic heterocycles. The van der Waals surface area contributed by atoms with E-state index in [4.69, 9.17) is 22.4 Å². The third-order valence-corrected chi connectivity index (χ3v) is 2.09. The first-order valence-corrected chi connectivity index (χ1v) is 6.23. The number of unbranched alkanes of at least 4 members (excludes halogenated alkanes) is 2. The minimum absolute atomic E-state index is 0. The van der Waals surface area contributed by atoms with Crippen LogP contribution in [0.5, 0.6) is 0 Å². The summed E-state index contributed by atoms with van der Waals surface area (Å²) in [5.74, 6) is 0. The first kappa shape index (κ1) is 22.1. The Morgan fingerprint density at radius 1 is 1.06 bits per heavy atom. The SMILES string of the molecule is CCCCN(CCCC)C(O)=S.NC(O)=S.[Fe]. The van der Waals surface area contributed by atoms with Gasteiger partial charge in [-0.25, -0.2) is 0 Å². The molecule has 0 bridgehead atoms. The van der Waals surface area contributed by atoms with Crippen molar-refractivity contribution >= 4 is 34.8 Å². The van der Waals surface area contributed by atoms with Crippen molar-refractivity contribution in [3.05, 3.63) is 0 Å². The van der Waals surface area contributed by atoms with Gasteiger partial charge in [-0.3, -0.25) is 0 Å². The molecule has 17 heavy (non-hydrogen) atoms. The van der Waals surface area contributed by atoms with Crippen molar-refractivity contribution in [3.8, 4) is 0 Å². The predicted molar refractivity (Wildman–Crippen MR) is 76.0 cm³/mol.